The summed E-state index contributed by atoms with van der Waals surface area (Å²) in [6, 6.07) is 2.32. The van der Waals surface area contributed by atoms with Gasteiger partial charge in [0.05, 0.1) is 12.4 Å². The van der Waals surface area contributed by atoms with Gasteiger partial charge >= 0.3 is 0 Å². The van der Waals surface area contributed by atoms with Crippen LogP contribution in [0.25, 0.3) is 5.70 Å². The maximum atomic E-state index is 8.89. The third-order valence-corrected chi connectivity index (χ3v) is 4.34. The second kappa shape index (κ2) is 13.1. The van der Waals surface area contributed by atoms with E-state index >= 15 is 0 Å². The second-order valence-corrected chi connectivity index (χ2v) is 6.37. The highest BCUT2D eigenvalue weighted by atomic mass is 15.1. The van der Waals surface area contributed by atoms with E-state index in [9.17, 15) is 0 Å². The first-order chi connectivity index (χ1) is 12.5. The van der Waals surface area contributed by atoms with Gasteiger partial charge in [-0.25, -0.2) is 4.98 Å². The van der Waals surface area contributed by atoms with Gasteiger partial charge in [0, 0.05) is 31.1 Å². The van der Waals surface area contributed by atoms with Crippen molar-refractivity contribution in [1.29, 1.82) is 5.26 Å². The summed E-state index contributed by atoms with van der Waals surface area (Å²) in [5.74, 6) is 0. The summed E-state index contributed by atoms with van der Waals surface area (Å²) in [4.78, 5) is 6.42. The molecule has 26 heavy (non-hydrogen) atoms. The molecule has 1 fully saturated rings. The predicted octanol–water partition coefficient (Wildman–Crippen LogP) is 5.53. The van der Waals surface area contributed by atoms with E-state index < -0.39 is 0 Å². The van der Waals surface area contributed by atoms with Crippen molar-refractivity contribution in [2.45, 2.75) is 53.9 Å². The molecule has 0 radical (unpaired) electrons. The number of nitrogens with zero attached hydrogens (tertiary/aromatic N) is 4. The molecule has 1 aliphatic heterocycles. The first-order valence-corrected chi connectivity index (χ1v) is 9.65. The van der Waals surface area contributed by atoms with Crippen LogP contribution in [0, 0.1) is 16.7 Å². The van der Waals surface area contributed by atoms with E-state index in [1.54, 1.807) is 12.5 Å². The monoisotopic (exact) mass is 356 g/mol. The molecular weight excluding hydrogens is 320 g/mol. The van der Waals surface area contributed by atoms with Crippen LogP contribution in [0.15, 0.2) is 49.6 Å². The number of hydrogen-bond acceptors (Lipinski definition) is 3. The number of rotatable bonds is 6. The van der Waals surface area contributed by atoms with E-state index in [1.165, 1.54) is 0 Å². The molecule has 2 heterocycles. The van der Waals surface area contributed by atoms with Crippen LogP contribution >= 0.6 is 0 Å². The Morgan fingerprint density at radius 3 is 2.31 bits per heavy atom. The summed E-state index contributed by atoms with van der Waals surface area (Å²) in [6.07, 6.45) is 12.1. The summed E-state index contributed by atoms with van der Waals surface area (Å²) in [6.45, 7) is 21.3. The number of imidazole rings is 1. The van der Waals surface area contributed by atoms with Crippen molar-refractivity contribution in [1.82, 2.24) is 14.5 Å². The van der Waals surface area contributed by atoms with Crippen LogP contribution in [0.4, 0.5) is 0 Å². The molecule has 1 aliphatic rings. The van der Waals surface area contributed by atoms with Gasteiger partial charge in [-0.3, -0.25) is 4.90 Å². The van der Waals surface area contributed by atoms with Gasteiger partial charge in [-0.05, 0) is 43.0 Å². The molecule has 4 heteroatoms. The summed E-state index contributed by atoms with van der Waals surface area (Å²) >= 11 is 0. The van der Waals surface area contributed by atoms with Gasteiger partial charge < -0.3 is 4.57 Å². The van der Waals surface area contributed by atoms with Gasteiger partial charge in [-0.1, -0.05) is 53.9 Å². The van der Waals surface area contributed by atoms with Crippen LogP contribution < -0.4 is 0 Å². The van der Waals surface area contributed by atoms with Crippen molar-refractivity contribution in [2.75, 3.05) is 19.6 Å². The van der Waals surface area contributed by atoms with Crippen molar-refractivity contribution in [3.8, 4) is 6.07 Å². The standard InChI is InChI=1S/C18H24N4.2C2H6/c1-16(4-5-17(2)22-13-10-20-15-22)14-21-11-7-18(3,6-9-19)8-12-21;2*1-2/h4-5,10,13,15H,1-2,6-8,11-12,14H2,3H3;2*1-2H3/b5-4-;;. The lowest BCUT2D eigenvalue weighted by Gasteiger charge is -2.38. The van der Waals surface area contributed by atoms with Crippen molar-refractivity contribution in [3.05, 3.63) is 49.6 Å². The molecule has 1 aromatic rings. The van der Waals surface area contributed by atoms with E-state index in [0.717, 1.165) is 43.7 Å². The lowest BCUT2D eigenvalue weighted by atomic mass is 9.78. The quantitative estimate of drug-likeness (QED) is 0.629. The predicted molar refractivity (Wildman–Crippen MR) is 113 cm³/mol. The molecule has 0 atom stereocenters. The van der Waals surface area contributed by atoms with Gasteiger partial charge in [0.2, 0.25) is 0 Å². The summed E-state index contributed by atoms with van der Waals surface area (Å²) < 4.78 is 1.87. The molecule has 0 spiro atoms. The molecular formula is C22H36N4. The minimum absolute atomic E-state index is 0.193. The fourth-order valence-corrected chi connectivity index (χ4v) is 2.69. The van der Waals surface area contributed by atoms with Crippen LogP contribution in [0.5, 0.6) is 0 Å². The van der Waals surface area contributed by atoms with Gasteiger partial charge in [0.1, 0.15) is 0 Å². The highest BCUT2D eigenvalue weighted by molar-refractivity contribution is 5.55. The lowest BCUT2D eigenvalue weighted by Crippen LogP contribution is -2.39. The average molecular weight is 357 g/mol. The van der Waals surface area contributed by atoms with Crippen LogP contribution in [0.3, 0.4) is 0 Å². The normalized spacial score (nSPS) is 15.8. The Bertz CT molecular complexity index is 582. The van der Waals surface area contributed by atoms with Gasteiger partial charge in [0.25, 0.3) is 0 Å². The summed E-state index contributed by atoms with van der Waals surface area (Å²) in [5.41, 5.74) is 2.14. The van der Waals surface area contributed by atoms with Gasteiger partial charge in [0.15, 0.2) is 0 Å². The minimum Gasteiger partial charge on any atom is -0.307 e. The molecule has 0 aromatic carbocycles. The fraction of sp³-hybridized carbons (Fsp3) is 0.545. The van der Waals surface area contributed by atoms with Crippen molar-refractivity contribution >= 4 is 5.70 Å². The molecule has 144 valence electrons. The third-order valence-electron chi connectivity index (χ3n) is 4.34. The van der Waals surface area contributed by atoms with Gasteiger partial charge in [-0.2, -0.15) is 5.26 Å². The molecule has 4 nitrogen and oxygen atoms in total. The van der Waals surface area contributed by atoms with Crippen molar-refractivity contribution < 1.29 is 0 Å². The van der Waals surface area contributed by atoms with E-state index in [1.807, 2.05) is 50.6 Å². The number of piperidine rings is 1. The van der Waals surface area contributed by atoms with Crippen molar-refractivity contribution in [2.24, 2.45) is 5.41 Å². The van der Waals surface area contributed by atoms with Gasteiger partial charge in [-0.15, -0.1) is 0 Å². The lowest BCUT2D eigenvalue weighted by molar-refractivity contribution is 0.130. The molecule has 2 rings (SSSR count). The highest BCUT2D eigenvalue weighted by Crippen LogP contribution is 2.34. The number of likely N-dealkylation sites (tertiary alicyclic amines) is 1. The minimum atomic E-state index is 0.193. The smallest absolute Gasteiger partial charge is 0.0991 e. The summed E-state index contributed by atoms with van der Waals surface area (Å²) in [7, 11) is 0. The molecule has 0 N–H and O–H groups in total. The zero-order chi connectivity index (χ0) is 20.0. The topological polar surface area (TPSA) is 44.9 Å². The molecule has 0 saturated carbocycles. The molecule has 0 amide bonds. The molecule has 1 aromatic heterocycles. The number of allylic oxidation sites excluding steroid dienone is 2. The zero-order valence-corrected chi connectivity index (χ0v) is 17.3. The number of hydrogen-bond donors (Lipinski definition) is 0. The van der Waals surface area contributed by atoms with Crippen LogP contribution in [-0.4, -0.2) is 34.1 Å². The van der Waals surface area contributed by atoms with E-state index in [4.69, 9.17) is 5.26 Å². The Morgan fingerprint density at radius 2 is 1.81 bits per heavy atom. The Kier molecular flexibility index (Phi) is 12.1. The Morgan fingerprint density at radius 1 is 1.19 bits per heavy atom. The second-order valence-electron chi connectivity index (χ2n) is 6.37. The van der Waals surface area contributed by atoms with Crippen LogP contribution in [0.2, 0.25) is 0 Å². The van der Waals surface area contributed by atoms with Crippen LogP contribution in [-0.2, 0) is 0 Å². The molecule has 0 aliphatic carbocycles. The number of nitriles is 1. The Balaban J connectivity index is 0.00000146. The molecule has 0 bridgehead atoms. The SMILES string of the molecule is C=C(/C=C\C(=C)n1ccnc1)CN1CCC(C)(CC#N)CC1.CC.CC. The first-order valence-electron chi connectivity index (χ1n) is 9.65. The van der Waals surface area contributed by atoms with E-state index in [-0.39, 0.29) is 5.41 Å². The number of aromatic nitrogens is 2. The largest absolute Gasteiger partial charge is 0.307 e. The third kappa shape index (κ3) is 8.31. The molecule has 1 saturated heterocycles. The highest BCUT2D eigenvalue weighted by Gasteiger charge is 2.29. The maximum absolute atomic E-state index is 8.89. The van der Waals surface area contributed by atoms with E-state index in [2.05, 4.69) is 36.0 Å². The van der Waals surface area contributed by atoms with Crippen LogP contribution in [0.1, 0.15) is 53.9 Å². The average Bonchev–Trinajstić information content (AvgIpc) is 3.20. The van der Waals surface area contributed by atoms with E-state index in [0.29, 0.717) is 6.42 Å². The fourth-order valence-electron chi connectivity index (χ4n) is 2.69. The maximum Gasteiger partial charge on any atom is 0.0991 e. The van der Waals surface area contributed by atoms with Crippen molar-refractivity contribution in [3.63, 3.8) is 0 Å². The Hall–Kier alpha value is -2.12. The molecule has 0 unspecified atom stereocenters. The zero-order valence-electron chi connectivity index (χ0n) is 17.3. The summed E-state index contributed by atoms with van der Waals surface area (Å²) in [5, 5.41) is 8.89. The first kappa shape index (κ1) is 23.9. The Labute approximate surface area is 160 Å².